The van der Waals surface area contributed by atoms with Crippen molar-refractivity contribution in [1.29, 1.82) is 0 Å². The van der Waals surface area contributed by atoms with Crippen molar-refractivity contribution in [1.82, 2.24) is 0 Å². The number of sulfone groups is 1. The fourth-order valence-electron chi connectivity index (χ4n) is 1.21. The van der Waals surface area contributed by atoms with Gasteiger partial charge in [0.1, 0.15) is 5.75 Å². The Bertz CT molecular complexity index is 464. The Balaban J connectivity index is 2.62. The van der Waals surface area contributed by atoms with Gasteiger partial charge < -0.3 is 0 Å². The van der Waals surface area contributed by atoms with Crippen molar-refractivity contribution < 1.29 is 8.42 Å². The van der Waals surface area contributed by atoms with E-state index in [0.717, 1.165) is 19.3 Å². The maximum absolute atomic E-state index is 11.8. The summed E-state index contributed by atoms with van der Waals surface area (Å²) in [6.45, 7) is 2.09. The minimum atomic E-state index is -3.22. The Morgan fingerprint density at radius 3 is 2.44 bits per heavy atom. The van der Waals surface area contributed by atoms with Crippen LogP contribution in [0.25, 0.3) is 0 Å². The quantitative estimate of drug-likeness (QED) is 0.595. The zero-order valence-electron chi connectivity index (χ0n) is 9.44. The molecule has 0 aromatic heterocycles. The summed E-state index contributed by atoms with van der Waals surface area (Å²) in [5.74, 6) is 5.52. The third-order valence-electron chi connectivity index (χ3n) is 2.14. The van der Waals surface area contributed by atoms with E-state index in [4.69, 9.17) is 0 Å². The molecule has 2 nitrogen and oxygen atoms in total. The van der Waals surface area contributed by atoms with Gasteiger partial charge in [-0.3, -0.25) is 0 Å². The van der Waals surface area contributed by atoms with Crippen LogP contribution in [0.2, 0.25) is 0 Å². The van der Waals surface area contributed by atoms with Crippen molar-refractivity contribution in [3.05, 3.63) is 30.3 Å². The van der Waals surface area contributed by atoms with E-state index >= 15 is 0 Å². The van der Waals surface area contributed by atoms with E-state index in [9.17, 15) is 8.42 Å². The molecule has 86 valence electrons. The largest absolute Gasteiger partial charge is 0.223 e. The normalized spacial score (nSPS) is 10.6. The standard InChI is InChI=1S/C13H16O2S/c1-2-3-4-5-9-12-16(14,15)13-10-7-6-8-11-13/h6-8,10-11H,2-4,12H2,1H3. The predicted molar refractivity (Wildman–Crippen MR) is 65.8 cm³/mol. The molecule has 0 amide bonds. The third kappa shape index (κ3) is 4.08. The number of hydrogen-bond donors (Lipinski definition) is 0. The van der Waals surface area contributed by atoms with Crippen molar-refractivity contribution in [2.24, 2.45) is 0 Å². The van der Waals surface area contributed by atoms with E-state index in [-0.39, 0.29) is 5.75 Å². The minimum absolute atomic E-state index is 0.0826. The van der Waals surface area contributed by atoms with Crippen molar-refractivity contribution in [3.63, 3.8) is 0 Å². The van der Waals surface area contributed by atoms with Crippen LogP contribution in [0, 0.1) is 11.8 Å². The molecule has 0 heterocycles. The summed E-state index contributed by atoms with van der Waals surface area (Å²) in [5.41, 5.74) is 0. The maximum Gasteiger partial charge on any atom is 0.189 e. The van der Waals surface area contributed by atoms with Crippen LogP contribution in [0.1, 0.15) is 26.2 Å². The van der Waals surface area contributed by atoms with E-state index in [1.165, 1.54) is 0 Å². The Morgan fingerprint density at radius 1 is 1.12 bits per heavy atom. The first-order valence-electron chi connectivity index (χ1n) is 5.40. The molecule has 0 aliphatic carbocycles. The molecular formula is C13H16O2S. The summed E-state index contributed by atoms with van der Waals surface area (Å²) in [5, 5.41) is 0. The summed E-state index contributed by atoms with van der Waals surface area (Å²) < 4.78 is 23.5. The Hall–Kier alpha value is -1.27. The fourth-order valence-corrected chi connectivity index (χ4v) is 2.24. The average molecular weight is 236 g/mol. The molecular weight excluding hydrogens is 220 g/mol. The molecule has 0 aliphatic heterocycles. The van der Waals surface area contributed by atoms with Crippen LogP contribution in [0.15, 0.2) is 35.2 Å². The third-order valence-corrected chi connectivity index (χ3v) is 3.66. The highest BCUT2D eigenvalue weighted by molar-refractivity contribution is 7.91. The number of unbranched alkanes of at least 4 members (excludes halogenated alkanes) is 2. The molecule has 0 unspecified atom stereocenters. The van der Waals surface area contributed by atoms with Gasteiger partial charge in [0.25, 0.3) is 0 Å². The van der Waals surface area contributed by atoms with Crippen molar-refractivity contribution in [3.8, 4) is 11.8 Å². The Kier molecular flexibility index (Phi) is 5.07. The first-order valence-corrected chi connectivity index (χ1v) is 7.05. The monoisotopic (exact) mass is 236 g/mol. The lowest BCUT2D eigenvalue weighted by atomic mass is 10.3. The van der Waals surface area contributed by atoms with Gasteiger partial charge in [0, 0.05) is 6.42 Å². The molecule has 1 aromatic rings. The van der Waals surface area contributed by atoms with Crippen LogP contribution in [0.5, 0.6) is 0 Å². The molecule has 0 aliphatic rings. The molecule has 0 fully saturated rings. The lowest BCUT2D eigenvalue weighted by molar-refractivity contribution is 0.599. The van der Waals surface area contributed by atoms with Gasteiger partial charge in [-0.25, -0.2) is 8.42 Å². The summed E-state index contributed by atoms with van der Waals surface area (Å²) in [4.78, 5) is 0.347. The predicted octanol–water partition coefficient (Wildman–Crippen LogP) is 2.65. The van der Waals surface area contributed by atoms with E-state index in [1.807, 2.05) is 0 Å². The molecule has 0 bridgehead atoms. The zero-order chi connectivity index (χ0) is 11.9. The average Bonchev–Trinajstić information content (AvgIpc) is 2.30. The number of hydrogen-bond acceptors (Lipinski definition) is 2. The minimum Gasteiger partial charge on any atom is -0.223 e. The molecule has 0 saturated heterocycles. The van der Waals surface area contributed by atoms with Gasteiger partial charge in [-0.05, 0) is 18.6 Å². The molecule has 0 spiro atoms. The second-order valence-electron chi connectivity index (χ2n) is 3.53. The summed E-state index contributed by atoms with van der Waals surface area (Å²) in [7, 11) is -3.22. The second-order valence-corrected chi connectivity index (χ2v) is 5.52. The zero-order valence-corrected chi connectivity index (χ0v) is 10.3. The van der Waals surface area contributed by atoms with Gasteiger partial charge in [0.05, 0.1) is 4.90 Å². The molecule has 0 atom stereocenters. The van der Waals surface area contributed by atoms with E-state index in [0.29, 0.717) is 4.90 Å². The number of rotatable bonds is 4. The van der Waals surface area contributed by atoms with Crippen LogP contribution >= 0.6 is 0 Å². The van der Waals surface area contributed by atoms with Crippen LogP contribution < -0.4 is 0 Å². The van der Waals surface area contributed by atoms with Gasteiger partial charge in [-0.15, -0.1) is 5.92 Å². The van der Waals surface area contributed by atoms with Gasteiger partial charge in [0.15, 0.2) is 9.84 Å². The molecule has 0 radical (unpaired) electrons. The highest BCUT2D eigenvalue weighted by atomic mass is 32.2. The van der Waals surface area contributed by atoms with Gasteiger partial charge in [-0.2, -0.15) is 0 Å². The lowest BCUT2D eigenvalue weighted by Gasteiger charge is -1.98. The summed E-state index contributed by atoms with van der Waals surface area (Å²) >= 11 is 0. The molecule has 0 saturated carbocycles. The lowest BCUT2D eigenvalue weighted by Crippen LogP contribution is -2.04. The SMILES string of the molecule is CCCCC#CCS(=O)(=O)c1ccccc1. The molecule has 16 heavy (non-hydrogen) atoms. The Morgan fingerprint density at radius 2 is 1.81 bits per heavy atom. The van der Waals surface area contributed by atoms with Crippen LogP contribution in [-0.2, 0) is 9.84 Å². The summed E-state index contributed by atoms with van der Waals surface area (Å²) in [6.07, 6.45) is 2.89. The van der Waals surface area contributed by atoms with Crippen LogP contribution in [0.3, 0.4) is 0 Å². The maximum atomic E-state index is 11.8. The Labute approximate surface area is 97.6 Å². The first-order chi connectivity index (χ1) is 7.67. The van der Waals surface area contributed by atoms with Gasteiger partial charge in [0.2, 0.25) is 0 Å². The highest BCUT2D eigenvalue weighted by Crippen LogP contribution is 2.09. The second kappa shape index (κ2) is 6.34. The topological polar surface area (TPSA) is 34.1 Å². The van der Waals surface area contributed by atoms with Gasteiger partial charge in [-0.1, -0.05) is 37.5 Å². The van der Waals surface area contributed by atoms with Crippen LogP contribution in [-0.4, -0.2) is 14.2 Å². The van der Waals surface area contributed by atoms with E-state index in [1.54, 1.807) is 30.3 Å². The number of benzene rings is 1. The molecule has 0 N–H and O–H groups in total. The summed E-state index contributed by atoms with van der Waals surface area (Å²) in [6, 6.07) is 8.44. The molecule has 1 aromatic carbocycles. The molecule has 3 heteroatoms. The van der Waals surface area contributed by atoms with Crippen LogP contribution in [0.4, 0.5) is 0 Å². The van der Waals surface area contributed by atoms with Crippen molar-refractivity contribution >= 4 is 9.84 Å². The fraction of sp³-hybridized carbons (Fsp3) is 0.385. The molecule has 1 rings (SSSR count). The van der Waals surface area contributed by atoms with Crippen molar-refractivity contribution in [2.75, 3.05) is 5.75 Å². The van der Waals surface area contributed by atoms with E-state index in [2.05, 4.69) is 18.8 Å². The smallest absolute Gasteiger partial charge is 0.189 e. The van der Waals surface area contributed by atoms with E-state index < -0.39 is 9.84 Å². The van der Waals surface area contributed by atoms with Gasteiger partial charge >= 0.3 is 0 Å². The highest BCUT2D eigenvalue weighted by Gasteiger charge is 2.10. The van der Waals surface area contributed by atoms with Crippen molar-refractivity contribution in [2.45, 2.75) is 31.1 Å². The first kappa shape index (κ1) is 12.8.